The minimum absolute atomic E-state index is 0. The average molecular weight is 1350 g/mol. The molecule has 0 fully saturated rings. The normalized spacial score (nSPS) is 12.0. The Hall–Kier alpha value is -7.10. The zero-order chi connectivity index (χ0) is 51.2. The Morgan fingerprint density at radius 2 is 0.750 bits per heavy atom. The van der Waals surface area contributed by atoms with Gasteiger partial charge in [0.2, 0.25) is 0 Å². The first-order valence-corrected chi connectivity index (χ1v) is 25.4. The predicted molar refractivity (Wildman–Crippen MR) is 304 cm³/mol. The number of nitrogens with zero attached hydrogens (tertiary/aromatic N) is 6. The molecular formula is C68H58N6Pt2. The van der Waals surface area contributed by atoms with Crippen LogP contribution in [0.2, 0.25) is 0 Å². The molecule has 0 saturated heterocycles. The Morgan fingerprint density at radius 1 is 0.342 bits per heavy atom. The summed E-state index contributed by atoms with van der Waals surface area (Å²) >= 11 is 0. The second-order valence-electron chi connectivity index (χ2n) is 21.6. The Labute approximate surface area is 475 Å². The number of rotatable bonds is 8. The molecule has 76 heavy (non-hydrogen) atoms. The first-order chi connectivity index (χ1) is 35.8. The van der Waals surface area contributed by atoms with Crippen molar-refractivity contribution in [1.29, 1.82) is 0 Å². The number of hydrogen-bond acceptors (Lipinski definition) is 4. The summed E-state index contributed by atoms with van der Waals surface area (Å²) in [4.78, 5) is 18.7. The molecule has 12 aromatic rings. The summed E-state index contributed by atoms with van der Waals surface area (Å²) in [5.41, 5.74) is 13.4. The van der Waals surface area contributed by atoms with Gasteiger partial charge in [0.05, 0.1) is 0 Å². The van der Waals surface area contributed by atoms with Gasteiger partial charge in [-0.3, -0.25) is 9.97 Å². The molecule has 0 N–H and O–H groups in total. The topological polar surface area (TPSA) is 61.4 Å². The van der Waals surface area contributed by atoms with E-state index in [1.165, 1.54) is 10.8 Å². The second kappa shape index (κ2) is 21.5. The van der Waals surface area contributed by atoms with Gasteiger partial charge >= 0.3 is 42.1 Å². The standard InChI is InChI=1S/C37H35N3.C31H23N3.2Pt/c1-35(2,3)37(36(4,5)6,34-19-10-12-23-39-34)27-14-13-15-28(25-27)40-32-18-8-7-16-29(32)30-21-20-26(24-33(30)40)31-17-9-11-22-38-31;1-31(2,30-15-6-8-19-33-30)23-10-9-11-24(21-23)34-28-14-4-3-12-25(28)26-17-16-22(20-29(26)34)27-13-5-7-18-32-27;;/h7-23H,1-6H3;3-19H,1-2H3;;/q2*-2;2*+2. The predicted octanol–water partition coefficient (Wildman–Crippen LogP) is 16.4. The molecule has 0 atom stereocenters. The first-order valence-electron chi connectivity index (χ1n) is 25.4. The number of fused-ring (bicyclic) bond motifs is 6. The largest absolute Gasteiger partial charge is 2.00 e. The van der Waals surface area contributed by atoms with Crippen molar-refractivity contribution >= 4 is 43.6 Å². The molecular weight excluding hydrogens is 1290 g/mol. The van der Waals surface area contributed by atoms with E-state index in [0.29, 0.717) is 0 Å². The van der Waals surface area contributed by atoms with Gasteiger partial charge in [-0.05, 0) is 92.6 Å². The van der Waals surface area contributed by atoms with Crippen LogP contribution in [0.1, 0.15) is 77.9 Å². The molecule has 0 bridgehead atoms. The van der Waals surface area contributed by atoms with Crippen LogP contribution in [0, 0.1) is 35.1 Å². The fourth-order valence-corrected chi connectivity index (χ4v) is 11.7. The van der Waals surface area contributed by atoms with Crippen LogP contribution in [-0.2, 0) is 53.0 Å². The SMILES string of the molecule is CC(C)(C)C(c1[c-]c(-n2c3[c-]c(-c4ccccn4)ccc3c3ccccc32)ccc1)(c1ccccn1)C(C)(C)C.CC(C)(c1[c-]c(-n2c3[c-]c(-c4ccccn4)ccc3c3ccccc32)ccc1)c1ccccn1.[Pt+2].[Pt+2]. The van der Waals surface area contributed by atoms with E-state index in [4.69, 9.17) is 4.98 Å². The van der Waals surface area contributed by atoms with Gasteiger partial charge in [-0.1, -0.05) is 150 Å². The van der Waals surface area contributed by atoms with E-state index in [-0.39, 0.29) is 58.4 Å². The van der Waals surface area contributed by atoms with Crippen LogP contribution in [0.5, 0.6) is 0 Å². The van der Waals surface area contributed by atoms with Gasteiger partial charge in [0, 0.05) is 58.0 Å². The number of aromatic nitrogens is 6. The van der Waals surface area contributed by atoms with Crippen molar-refractivity contribution in [2.45, 2.75) is 66.2 Å². The molecule has 8 heteroatoms. The Kier molecular flexibility index (Phi) is 15.2. The molecule has 380 valence electrons. The first kappa shape index (κ1) is 53.7. The van der Waals surface area contributed by atoms with Crippen molar-refractivity contribution in [1.82, 2.24) is 29.1 Å². The maximum Gasteiger partial charge on any atom is 2.00 e. The Bertz CT molecular complexity index is 3930. The zero-order valence-corrected chi connectivity index (χ0v) is 48.5. The number of para-hydroxylation sites is 2. The van der Waals surface area contributed by atoms with E-state index >= 15 is 0 Å². The molecule has 6 heterocycles. The van der Waals surface area contributed by atoms with Crippen molar-refractivity contribution < 1.29 is 42.1 Å². The summed E-state index contributed by atoms with van der Waals surface area (Å²) in [6, 6.07) is 77.9. The van der Waals surface area contributed by atoms with E-state index in [0.717, 1.165) is 89.2 Å². The number of benzene rings is 6. The van der Waals surface area contributed by atoms with E-state index in [2.05, 4.69) is 231 Å². The summed E-state index contributed by atoms with van der Waals surface area (Å²) in [5.74, 6) is 0. The maximum atomic E-state index is 4.96. The molecule has 0 aliphatic rings. The fourth-order valence-electron chi connectivity index (χ4n) is 11.7. The molecule has 0 spiro atoms. The summed E-state index contributed by atoms with van der Waals surface area (Å²) in [7, 11) is 0. The van der Waals surface area contributed by atoms with E-state index in [1.54, 1.807) is 0 Å². The molecule has 0 amide bonds. The van der Waals surface area contributed by atoms with Crippen LogP contribution < -0.4 is 0 Å². The average Bonchev–Trinajstić information content (AvgIpc) is 3.94. The molecule has 6 nitrogen and oxygen atoms in total. The molecule has 6 aromatic heterocycles. The molecule has 0 aliphatic heterocycles. The minimum Gasteiger partial charge on any atom is -0.352 e. The smallest absolute Gasteiger partial charge is 0.352 e. The van der Waals surface area contributed by atoms with Crippen molar-refractivity contribution in [3.05, 3.63) is 254 Å². The van der Waals surface area contributed by atoms with Crippen LogP contribution in [0.25, 0.3) is 77.5 Å². The molecule has 0 unspecified atom stereocenters. The van der Waals surface area contributed by atoms with Gasteiger partial charge in [0.1, 0.15) is 0 Å². The third-order valence-corrected chi connectivity index (χ3v) is 14.8. The Morgan fingerprint density at radius 3 is 1.18 bits per heavy atom. The minimum atomic E-state index is -0.404. The van der Waals surface area contributed by atoms with Gasteiger partial charge in [-0.25, -0.2) is 0 Å². The molecule has 12 rings (SSSR count). The Balaban J connectivity index is 0.000000183. The summed E-state index contributed by atoms with van der Waals surface area (Å²) in [6.45, 7) is 18.3. The van der Waals surface area contributed by atoms with Gasteiger partial charge < -0.3 is 19.1 Å². The second-order valence-corrected chi connectivity index (χ2v) is 21.6. The monoisotopic (exact) mass is 1350 g/mol. The van der Waals surface area contributed by atoms with Crippen molar-refractivity contribution in [2.75, 3.05) is 0 Å². The maximum absolute atomic E-state index is 4.96. The molecule has 0 aliphatic carbocycles. The quantitative estimate of drug-likeness (QED) is 0.142. The molecule has 0 radical (unpaired) electrons. The van der Waals surface area contributed by atoms with Crippen molar-refractivity contribution in [3.63, 3.8) is 0 Å². The van der Waals surface area contributed by atoms with Crippen molar-refractivity contribution in [2.24, 2.45) is 10.8 Å². The summed E-state index contributed by atoms with van der Waals surface area (Å²) in [5, 5.41) is 4.72. The summed E-state index contributed by atoms with van der Waals surface area (Å²) in [6.07, 6.45) is 7.41. The van der Waals surface area contributed by atoms with Gasteiger partial charge in [-0.15, -0.1) is 70.8 Å². The van der Waals surface area contributed by atoms with Gasteiger partial charge in [0.25, 0.3) is 0 Å². The van der Waals surface area contributed by atoms with Crippen LogP contribution >= 0.6 is 0 Å². The molecule has 6 aromatic carbocycles. The van der Waals surface area contributed by atoms with Gasteiger partial charge in [0.15, 0.2) is 0 Å². The van der Waals surface area contributed by atoms with E-state index in [1.807, 2.05) is 79.4 Å². The number of pyridine rings is 4. The van der Waals surface area contributed by atoms with Gasteiger partial charge in [-0.2, -0.15) is 36.4 Å². The number of hydrogen-bond donors (Lipinski definition) is 0. The van der Waals surface area contributed by atoms with Crippen LogP contribution in [0.15, 0.2) is 207 Å². The fraction of sp³-hybridized carbons (Fsp3) is 0.176. The van der Waals surface area contributed by atoms with Crippen LogP contribution in [0.3, 0.4) is 0 Å². The third-order valence-electron chi connectivity index (χ3n) is 14.8. The van der Waals surface area contributed by atoms with E-state index in [9.17, 15) is 0 Å². The molecule has 0 saturated carbocycles. The third kappa shape index (κ3) is 9.50. The van der Waals surface area contributed by atoms with Crippen molar-refractivity contribution in [3.8, 4) is 33.9 Å². The van der Waals surface area contributed by atoms with E-state index < -0.39 is 5.41 Å². The van der Waals surface area contributed by atoms with Crippen LogP contribution in [-0.4, -0.2) is 29.1 Å². The zero-order valence-electron chi connectivity index (χ0n) is 43.9. The summed E-state index contributed by atoms with van der Waals surface area (Å²) < 4.78 is 4.56. The van der Waals surface area contributed by atoms with Crippen LogP contribution in [0.4, 0.5) is 0 Å².